The molecule has 0 radical (unpaired) electrons. The van der Waals surface area contributed by atoms with Gasteiger partial charge in [-0.1, -0.05) is 89.0 Å². The number of benzene rings is 2. The Morgan fingerprint density at radius 3 is 2.18 bits per heavy atom. The molecule has 0 bridgehead atoms. The van der Waals surface area contributed by atoms with E-state index in [1.54, 1.807) is 0 Å². The number of amides is 1. The molecule has 2 aromatic rings. The number of halogens is 2. The standard InChI is InChI=1S/C29H39Cl2NO/c1-7-29(6)18-25(22-9-8-10-24(31)17-22)27(21-12-14-23(30)15-13-21)32(28(29)33)26(20(4)5)16-11-19(2)3/h8-10,12-15,17,19-20,25-27H,7,11,16,18H2,1-6H3/t25?,26-,27?,29+/m1/s1. The largest absolute Gasteiger partial charge is 0.331 e. The second-order valence-corrected chi connectivity index (χ2v) is 11.6. The Kier molecular flexibility index (Phi) is 8.56. The summed E-state index contributed by atoms with van der Waals surface area (Å²) >= 11 is 12.7. The molecule has 2 nitrogen and oxygen atoms in total. The second-order valence-electron chi connectivity index (χ2n) is 10.8. The monoisotopic (exact) mass is 487 g/mol. The van der Waals surface area contributed by atoms with Gasteiger partial charge in [-0.25, -0.2) is 0 Å². The van der Waals surface area contributed by atoms with E-state index in [1.807, 2.05) is 24.3 Å². The fourth-order valence-electron chi connectivity index (χ4n) is 5.36. The molecule has 1 aliphatic heterocycles. The third kappa shape index (κ3) is 5.77. The fraction of sp³-hybridized carbons (Fsp3) is 0.552. The molecule has 1 amide bonds. The molecular weight excluding hydrogens is 449 g/mol. The highest BCUT2D eigenvalue weighted by molar-refractivity contribution is 6.30. The number of nitrogens with zero attached hydrogens (tertiary/aromatic N) is 1. The Bertz CT molecular complexity index is 939. The number of carbonyl (C=O) groups excluding carboxylic acids is 1. The van der Waals surface area contributed by atoms with Gasteiger partial charge in [-0.3, -0.25) is 4.79 Å². The quantitative estimate of drug-likeness (QED) is 0.363. The van der Waals surface area contributed by atoms with Crippen molar-refractivity contribution < 1.29 is 4.79 Å². The molecule has 0 aliphatic carbocycles. The van der Waals surface area contributed by atoms with Crippen LogP contribution in [0, 0.1) is 17.3 Å². The van der Waals surface area contributed by atoms with Gasteiger partial charge >= 0.3 is 0 Å². The van der Waals surface area contributed by atoms with E-state index in [9.17, 15) is 4.79 Å². The van der Waals surface area contributed by atoms with Crippen LogP contribution in [0.1, 0.15) is 90.3 Å². The fourth-order valence-corrected chi connectivity index (χ4v) is 5.68. The molecule has 1 saturated heterocycles. The van der Waals surface area contributed by atoms with E-state index < -0.39 is 5.41 Å². The van der Waals surface area contributed by atoms with Gasteiger partial charge in [-0.2, -0.15) is 0 Å². The van der Waals surface area contributed by atoms with Crippen molar-refractivity contribution in [3.05, 3.63) is 69.7 Å². The maximum atomic E-state index is 14.2. The Hall–Kier alpha value is -1.51. The highest BCUT2D eigenvalue weighted by atomic mass is 35.5. The van der Waals surface area contributed by atoms with Crippen molar-refractivity contribution in [3.63, 3.8) is 0 Å². The zero-order chi connectivity index (χ0) is 24.3. The van der Waals surface area contributed by atoms with Crippen LogP contribution in [0.4, 0.5) is 0 Å². The first-order chi connectivity index (χ1) is 15.6. The van der Waals surface area contributed by atoms with Crippen LogP contribution in [-0.2, 0) is 4.79 Å². The van der Waals surface area contributed by atoms with Crippen LogP contribution in [0.25, 0.3) is 0 Å². The third-order valence-corrected chi connectivity index (χ3v) is 8.02. The number of hydrogen-bond donors (Lipinski definition) is 0. The zero-order valence-corrected chi connectivity index (χ0v) is 22.5. The van der Waals surface area contributed by atoms with Crippen LogP contribution in [0.3, 0.4) is 0 Å². The van der Waals surface area contributed by atoms with Gasteiger partial charge < -0.3 is 4.90 Å². The molecule has 1 aliphatic rings. The maximum Gasteiger partial charge on any atom is 0.229 e. The van der Waals surface area contributed by atoms with Crippen LogP contribution in [-0.4, -0.2) is 16.8 Å². The SMILES string of the molecule is CC[C@@]1(C)CC(c2cccc(Cl)c2)C(c2ccc(Cl)cc2)N([C@H](CCC(C)C)C(C)C)C1=O. The minimum Gasteiger partial charge on any atom is -0.331 e. The number of hydrogen-bond acceptors (Lipinski definition) is 1. The summed E-state index contributed by atoms with van der Waals surface area (Å²) in [5, 5.41) is 1.45. The number of likely N-dealkylation sites (tertiary alicyclic amines) is 1. The minimum atomic E-state index is -0.402. The first-order valence-electron chi connectivity index (χ1n) is 12.4. The van der Waals surface area contributed by atoms with E-state index in [4.69, 9.17) is 23.2 Å². The molecule has 180 valence electrons. The van der Waals surface area contributed by atoms with Gasteiger partial charge in [0.15, 0.2) is 0 Å². The summed E-state index contributed by atoms with van der Waals surface area (Å²) in [7, 11) is 0. The van der Waals surface area contributed by atoms with Crippen molar-refractivity contribution in [1.29, 1.82) is 0 Å². The molecule has 0 N–H and O–H groups in total. The Labute approximate surface area is 210 Å². The number of piperidine rings is 1. The normalized spacial score (nSPS) is 24.5. The first kappa shape index (κ1) is 26.1. The Morgan fingerprint density at radius 2 is 1.64 bits per heavy atom. The van der Waals surface area contributed by atoms with E-state index in [1.165, 1.54) is 5.56 Å². The van der Waals surface area contributed by atoms with E-state index in [2.05, 4.69) is 70.7 Å². The van der Waals surface area contributed by atoms with E-state index in [0.717, 1.165) is 36.3 Å². The lowest BCUT2D eigenvalue weighted by Gasteiger charge is -2.53. The average molecular weight is 489 g/mol. The van der Waals surface area contributed by atoms with Gasteiger partial charge in [0.05, 0.1) is 6.04 Å². The van der Waals surface area contributed by atoms with Crippen LogP contribution in [0.15, 0.2) is 48.5 Å². The summed E-state index contributed by atoms with van der Waals surface area (Å²) < 4.78 is 0. The van der Waals surface area contributed by atoms with E-state index in [-0.39, 0.29) is 23.9 Å². The van der Waals surface area contributed by atoms with E-state index >= 15 is 0 Å². The molecule has 3 rings (SSSR count). The Balaban J connectivity index is 2.21. The van der Waals surface area contributed by atoms with Gasteiger partial charge in [0.2, 0.25) is 5.91 Å². The van der Waals surface area contributed by atoms with Crippen LogP contribution in [0.2, 0.25) is 10.0 Å². The Morgan fingerprint density at radius 1 is 0.970 bits per heavy atom. The third-order valence-electron chi connectivity index (χ3n) is 7.54. The smallest absolute Gasteiger partial charge is 0.229 e. The van der Waals surface area contributed by atoms with Gasteiger partial charge in [0.1, 0.15) is 0 Å². The molecule has 2 unspecified atom stereocenters. The molecule has 0 spiro atoms. The van der Waals surface area contributed by atoms with Crippen LogP contribution >= 0.6 is 23.2 Å². The topological polar surface area (TPSA) is 20.3 Å². The lowest BCUT2D eigenvalue weighted by molar-refractivity contribution is -0.156. The summed E-state index contributed by atoms with van der Waals surface area (Å²) in [5.41, 5.74) is 1.94. The number of rotatable bonds is 8. The van der Waals surface area contributed by atoms with Crippen molar-refractivity contribution in [3.8, 4) is 0 Å². The van der Waals surface area contributed by atoms with E-state index in [0.29, 0.717) is 16.9 Å². The summed E-state index contributed by atoms with van der Waals surface area (Å²) in [5.74, 6) is 1.40. The molecule has 4 heteroatoms. The summed E-state index contributed by atoms with van der Waals surface area (Å²) in [6, 6.07) is 16.4. The molecule has 33 heavy (non-hydrogen) atoms. The summed E-state index contributed by atoms with van der Waals surface area (Å²) in [4.78, 5) is 16.5. The predicted octanol–water partition coefficient (Wildman–Crippen LogP) is 8.93. The van der Waals surface area contributed by atoms with Gasteiger partial charge in [-0.05, 0) is 72.9 Å². The van der Waals surface area contributed by atoms with Gasteiger partial charge in [0, 0.05) is 27.4 Å². The lowest BCUT2D eigenvalue weighted by atomic mass is 9.66. The number of carbonyl (C=O) groups is 1. The predicted molar refractivity (Wildman–Crippen MR) is 141 cm³/mol. The van der Waals surface area contributed by atoms with Gasteiger partial charge in [-0.15, -0.1) is 0 Å². The molecule has 1 heterocycles. The van der Waals surface area contributed by atoms with Crippen molar-refractivity contribution in [2.24, 2.45) is 17.3 Å². The minimum absolute atomic E-state index is 0.0487. The van der Waals surface area contributed by atoms with Crippen molar-refractivity contribution in [2.45, 2.75) is 85.2 Å². The van der Waals surface area contributed by atoms with Gasteiger partial charge in [0.25, 0.3) is 0 Å². The van der Waals surface area contributed by atoms with Crippen molar-refractivity contribution in [2.75, 3.05) is 0 Å². The molecule has 1 fully saturated rings. The van der Waals surface area contributed by atoms with Crippen molar-refractivity contribution in [1.82, 2.24) is 4.90 Å². The molecule has 0 aromatic heterocycles. The lowest BCUT2D eigenvalue weighted by Crippen LogP contribution is -2.56. The highest BCUT2D eigenvalue weighted by Gasteiger charge is 2.51. The molecule has 4 atom stereocenters. The average Bonchev–Trinajstić information content (AvgIpc) is 2.77. The summed E-state index contributed by atoms with van der Waals surface area (Å²) in [6.45, 7) is 13.3. The first-order valence-corrected chi connectivity index (χ1v) is 13.2. The van der Waals surface area contributed by atoms with Crippen molar-refractivity contribution >= 4 is 29.1 Å². The highest BCUT2D eigenvalue weighted by Crippen LogP contribution is 2.52. The van der Waals surface area contributed by atoms with Crippen LogP contribution < -0.4 is 0 Å². The maximum absolute atomic E-state index is 14.2. The molecular formula is C29H39Cl2NO. The molecule has 0 saturated carbocycles. The van der Waals surface area contributed by atoms with Crippen LogP contribution in [0.5, 0.6) is 0 Å². The second kappa shape index (κ2) is 10.8. The zero-order valence-electron chi connectivity index (χ0n) is 20.9. The molecule has 2 aromatic carbocycles. The summed E-state index contributed by atoms with van der Waals surface area (Å²) in [6.07, 6.45) is 3.74.